The molecule has 4 aliphatic rings. The molecule has 1 aliphatic heterocycles. The van der Waals surface area contributed by atoms with Gasteiger partial charge in [-0.05, 0) is 40.5 Å². The zero-order valence-electron chi connectivity index (χ0n) is 18.6. The summed E-state index contributed by atoms with van der Waals surface area (Å²) in [5, 5.41) is 3.42. The number of carbonyl (C=O) groups excluding carboxylic acids is 3. The fraction of sp³-hybridized carbons (Fsp3) is 0.222. The predicted molar refractivity (Wildman–Crippen MR) is 140 cm³/mol. The molecule has 9 heteroatoms. The topological polar surface area (TPSA) is 66.5 Å². The summed E-state index contributed by atoms with van der Waals surface area (Å²) in [5.74, 6) is -3.02. The molecule has 0 unspecified atom stereocenters. The molecule has 0 radical (unpaired) electrons. The largest absolute Gasteiger partial charge is 0.325 e. The first kappa shape index (κ1) is 23.8. The fourth-order valence-electron chi connectivity index (χ4n) is 5.96. The molecule has 36 heavy (non-hydrogen) atoms. The molecule has 1 saturated heterocycles. The third-order valence-electron chi connectivity index (χ3n) is 7.44. The van der Waals surface area contributed by atoms with E-state index in [0.717, 1.165) is 27.2 Å². The number of rotatable bonds is 4. The molecule has 7 rings (SSSR count). The number of hydrogen-bond donors (Lipinski definition) is 1. The first-order valence-corrected chi connectivity index (χ1v) is 12.9. The van der Waals surface area contributed by atoms with Crippen molar-refractivity contribution in [1.29, 1.82) is 0 Å². The van der Waals surface area contributed by atoms with E-state index in [2.05, 4.69) is 5.32 Å². The molecule has 182 valence electrons. The van der Waals surface area contributed by atoms with Crippen LogP contribution in [0.1, 0.15) is 28.7 Å². The second-order valence-electron chi connectivity index (χ2n) is 9.22. The molecule has 3 aromatic rings. The number of nitrogens with one attached hydrogen (secondary N) is 1. The number of nitrogens with zero attached hydrogens (tertiary/aromatic N) is 1. The zero-order valence-corrected chi connectivity index (χ0v) is 21.6. The van der Waals surface area contributed by atoms with E-state index < -0.39 is 39.3 Å². The van der Waals surface area contributed by atoms with Crippen LogP contribution in [0.25, 0.3) is 0 Å². The van der Waals surface area contributed by atoms with Crippen molar-refractivity contribution < 1.29 is 14.4 Å². The molecule has 5 nitrogen and oxygen atoms in total. The van der Waals surface area contributed by atoms with Gasteiger partial charge in [0.1, 0.15) is 9.75 Å². The summed E-state index contributed by atoms with van der Waals surface area (Å²) in [5.41, 5.74) is 3.33. The van der Waals surface area contributed by atoms with Gasteiger partial charge in [-0.15, -0.1) is 23.2 Å². The molecule has 1 heterocycles. The van der Waals surface area contributed by atoms with Gasteiger partial charge in [0.25, 0.3) is 0 Å². The lowest BCUT2D eigenvalue weighted by Gasteiger charge is -2.54. The summed E-state index contributed by atoms with van der Waals surface area (Å²) in [6.07, 6.45) is -0.111. The smallest absolute Gasteiger partial charge is 0.235 e. The van der Waals surface area contributed by atoms with Crippen molar-refractivity contribution in [1.82, 2.24) is 4.90 Å². The highest BCUT2D eigenvalue weighted by molar-refractivity contribution is 6.37. The average Bonchev–Trinajstić information content (AvgIpc) is 3.13. The third kappa shape index (κ3) is 3.07. The molecule has 1 fully saturated rings. The molecule has 3 aromatic carbocycles. The Kier molecular flexibility index (Phi) is 5.44. The lowest BCUT2D eigenvalue weighted by molar-refractivity contribution is -0.140. The van der Waals surface area contributed by atoms with Crippen LogP contribution in [0.5, 0.6) is 0 Å². The van der Waals surface area contributed by atoms with Gasteiger partial charge in [0.2, 0.25) is 17.7 Å². The van der Waals surface area contributed by atoms with E-state index in [1.807, 2.05) is 48.5 Å². The van der Waals surface area contributed by atoms with E-state index in [0.29, 0.717) is 10.7 Å². The quantitative estimate of drug-likeness (QED) is 0.319. The maximum absolute atomic E-state index is 13.8. The highest BCUT2D eigenvalue weighted by Crippen LogP contribution is 2.69. The standard InChI is InChI=1S/C27H18Cl4N2O3/c28-14-9-10-20(19(29)13-14)32-21(34)11-12-33-24(35)22-23(25(33)36)27(31)16-6-2-1-5-15(16)26(22,30)17-7-3-4-8-18(17)27/h1-10,13,22-23H,11-12H2,(H,32,34)/t22-,23-,26?,27?/m1/s1. The Balaban J connectivity index is 1.33. The van der Waals surface area contributed by atoms with E-state index in [9.17, 15) is 14.4 Å². The van der Waals surface area contributed by atoms with Gasteiger partial charge >= 0.3 is 0 Å². The van der Waals surface area contributed by atoms with Gasteiger partial charge in [0.15, 0.2) is 0 Å². The fourth-order valence-corrected chi connectivity index (χ4v) is 7.52. The molecule has 3 aliphatic carbocycles. The number of alkyl halides is 2. The lowest BCUT2D eigenvalue weighted by Crippen LogP contribution is -2.57. The molecule has 1 N–H and O–H groups in total. The zero-order chi connectivity index (χ0) is 25.4. The van der Waals surface area contributed by atoms with Crippen LogP contribution >= 0.6 is 46.4 Å². The number of benzene rings is 3. The maximum Gasteiger partial charge on any atom is 0.235 e. The SMILES string of the molecule is O=C(CCN1C(=O)[C@H]2[C@H](C1=O)C1(Cl)c3ccccc3C2(Cl)c2ccccc21)Nc1ccc(Cl)cc1Cl. The van der Waals surface area contributed by atoms with E-state index in [1.165, 1.54) is 6.07 Å². The van der Waals surface area contributed by atoms with Gasteiger partial charge in [0, 0.05) is 18.0 Å². The Morgan fingerprint density at radius 3 is 1.72 bits per heavy atom. The number of anilines is 1. The number of hydrogen-bond acceptors (Lipinski definition) is 3. The van der Waals surface area contributed by atoms with Gasteiger partial charge in [-0.1, -0.05) is 71.7 Å². The monoisotopic (exact) mass is 558 g/mol. The predicted octanol–water partition coefficient (Wildman–Crippen LogP) is 5.92. The average molecular weight is 560 g/mol. The van der Waals surface area contributed by atoms with E-state index in [1.54, 1.807) is 12.1 Å². The first-order valence-electron chi connectivity index (χ1n) is 11.4. The summed E-state index contributed by atoms with van der Waals surface area (Å²) < 4.78 is 0. The van der Waals surface area contributed by atoms with Gasteiger partial charge in [-0.2, -0.15) is 0 Å². The summed E-state index contributed by atoms with van der Waals surface area (Å²) in [6, 6.07) is 19.6. The highest BCUT2D eigenvalue weighted by Gasteiger charge is 2.72. The summed E-state index contributed by atoms with van der Waals surface area (Å²) in [6.45, 7) is -0.103. The Hall–Kier alpha value is -2.57. The van der Waals surface area contributed by atoms with Crippen molar-refractivity contribution in [2.75, 3.05) is 11.9 Å². The summed E-state index contributed by atoms with van der Waals surface area (Å²) in [7, 11) is 0. The molecule has 0 aromatic heterocycles. The third-order valence-corrected chi connectivity index (χ3v) is 9.28. The van der Waals surface area contributed by atoms with Gasteiger partial charge in [0.05, 0.1) is 22.5 Å². The van der Waals surface area contributed by atoms with E-state index in [-0.39, 0.29) is 18.0 Å². The minimum absolute atomic E-state index is 0.103. The van der Waals surface area contributed by atoms with Gasteiger partial charge in [-0.3, -0.25) is 19.3 Å². The van der Waals surface area contributed by atoms with Crippen LogP contribution < -0.4 is 5.32 Å². The van der Waals surface area contributed by atoms with Crippen LogP contribution in [-0.4, -0.2) is 29.2 Å². The minimum atomic E-state index is -1.24. The second-order valence-corrected chi connectivity index (χ2v) is 11.3. The normalized spacial score (nSPS) is 27.5. The number of amides is 3. The molecular weight excluding hydrogens is 542 g/mol. The molecule has 3 amide bonds. The van der Waals surface area contributed by atoms with Crippen molar-refractivity contribution in [3.8, 4) is 0 Å². The van der Waals surface area contributed by atoms with Gasteiger partial charge < -0.3 is 5.32 Å². The van der Waals surface area contributed by atoms with Crippen molar-refractivity contribution in [3.05, 3.63) is 99.0 Å². The molecule has 2 bridgehead atoms. The van der Waals surface area contributed by atoms with E-state index >= 15 is 0 Å². The highest BCUT2D eigenvalue weighted by atomic mass is 35.5. The summed E-state index contributed by atoms with van der Waals surface area (Å²) >= 11 is 26.8. The Bertz CT molecular complexity index is 1350. The number of halogens is 4. The van der Waals surface area contributed by atoms with Crippen molar-refractivity contribution in [3.63, 3.8) is 0 Å². The van der Waals surface area contributed by atoms with Crippen LogP contribution in [0.2, 0.25) is 10.0 Å². The van der Waals surface area contributed by atoms with Crippen LogP contribution in [-0.2, 0) is 24.1 Å². The van der Waals surface area contributed by atoms with Crippen LogP contribution in [0, 0.1) is 11.8 Å². The Labute approximate surface area is 227 Å². The van der Waals surface area contributed by atoms with Crippen molar-refractivity contribution >= 4 is 69.8 Å². The number of imide groups is 1. The minimum Gasteiger partial charge on any atom is -0.325 e. The van der Waals surface area contributed by atoms with E-state index in [4.69, 9.17) is 46.4 Å². The molecule has 2 atom stereocenters. The molecule has 0 spiro atoms. The number of carbonyl (C=O) groups is 3. The first-order chi connectivity index (χ1) is 17.2. The molecular formula is C27H18Cl4N2O3. The van der Waals surface area contributed by atoms with Crippen LogP contribution in [0.15, 0.2) is 66.7 Å². The second kappa shape index (κ2) is 8.22. The maximum atomic E-state index is 13.8. The van der Waals surface area contributed by atoms with Crippen molar-refractivity contribution in [2.45, 2.75) is 16.2 Å². The van der Waals surface area contributed by atoms with Crippen molar-refractivity contribution in [2.24, 2.45) is 11.8 Å². The number of likely N-dealkylation sites (tertiary alicyclic amines) is 1. The summed E-state index contributed by atoms with van der Waals surface area (Å²) in [4.78, 5) is 38.8. The van der Waals surface area contributed by atoms with Crippen LogP contribution in [0.4, 0.5) is 5.69 Å². The molecule has 0 saturated carbocycles. The lowest BCUT2D eigenvalue weighted by atomic mass is 9.54. The Morgan fingerprint density at radius 2 is 1.28 bits per heavy atom. The Morgan fingerprint density at radius 1 is 0.806 bits per heavy atom. The van der Waals surface area contributed by atoms with Crippen LogP contribution in [0.3, 0.4) is 0 Å². The van der Waals surface area contributed by atoms with Gasteiger partial charge in [-0.25, -0.2) is 0 Å².